The van der Waals surface area contributed by atoms with Crippen LogP contribution in [0.3, 0.4) is 0 Å². The molecule has 5 rings (SSSR count). The van der Waals surface area contributed by atoms with Crippen LogP contribution in [-0.4, -0.2) is 27.7 Å². The Labute approximate surface area is 199 Å². The van der Waals surface area contributed by atoms with Crippen LogP contribution in [0.4, 0.5) is 4.39 Å². The molecule has 0 radical (unpaired) electrons. The molecule has 0 bridgehead atoms. The number of thioether (sulfide) groups is 1. The van der Waals surface area contributed by atoms with Gasteiger partial charge in [0, 0.05) is 28.0 Å². The Balaban J connectivity index is 1.84. The molecular weight excluding hydrogens is 451 g/mol. The second-order valence-corrected chi connectivity index (χ2v) is 9.01. The van der Waals surface area contributed by atoms with Gasteiger partial charge in [-0.25, -0.2) is 9.07 Å². The van der Waals surface area contributed by atoms with E-state index in [4.69, 9.17) is 11.5 Å². The van der Waals surface area contributed by atoms with Gasteiger partial charge in [0.2, 0.25) is 0 Å². The smallest absolute Gasteiger partial charge is 0.269 e. The van der Waals surface area contributed by atoms with Crippen LogP contribution in [0.1, 0.15) is 32.0 Å². The van der Waals surface area contributed by atoms with E-state index in [1.165, 1.54) is 28.6 Å². The van der Waals surface area contributed by atoms with E-state index in [-0.39, 0.29) is 23.5 Å². The van der Waals surface area contributed by atoms with E-state index in [1.807, 2.05) is 42.7 Å². The maximum atomic E-state index is 14.1. The highest BCUT2D eigenvalue weighted by Gasteiger charge is 2.48. The third-order valence-electron chi connectivity index (χ3n) is 6.13. The highest BCUT2D eigenvalue weighted by Crippen LogP contribution is 2.45. The SMILES string of the molecule is CSc1ccccc1C(=O)C1(N)Cc2ccccc2-c2c1c(C(N)=O)nn2-c1ccc(F)cc1. The van der Waals surface area contributed by atoms with E-state index in [0.29, 0.717) is 16.9 Å². The number of hydrogen-bond donors (Lipinski definition) is 2. The molecule has 0 saturated carbocycles. The molecule has 3 aromatic carbocycles. The monoisotopic (exact) mass is 472 g/mol. The summed E-state index contributed by atoms with van der Waals surface area (Å²) in [6.07, 6.45) is 2.06. The summed E-state index contributed by atoms with van der Waals surface area (Å²) in [6.45, 7) is 0. The predicted octanol–water partition coefficient (Wildman–Crippen LogP) is 4.09. The van der Waals surface area contributed by atoms with E-state index < -0.39 is 17.3 Å². The molecular formula is C26H21FN4O2S. The molecule has 1 aromatic heterocycles. The van der Waals surface area contributed by atoms with Gasteiger partial charge in [-0.3, -0.25) is 9.59 Å². The number of Topliss-reactive ketones (excluding diaryl/α,β-unsaturated/α-hetero) is 1. The van der Waals surface area contributed by atoms with Crippen molar-refractivity contribution in [3.05, 3.63) is 101 Å². The highest BCUT2D eigenvalue weighted by molar-refractivity contribution is 7.98. The van der Waals surface area contributed by atoms with Gasteiger partial charge in [0.05, 0.1) is 11.4 Å². The van der Waals surface area contributed by atoms with Gasteiger partial charge in [0.1, 0.15) is 11.4 Å². The molecule has 0 fully saturated rings. The lowest BCUT2D eigenvalue weighted by molar-refractivity contribution is 0.0879. The Bertz CT molecular complexity index is 1450. The maximum absolute atomic E-state index is 14.1. The number of fused-ring (bicyclic) bond motifs is 3. The zero-order valence-electron chi connectivity index (χ0n) is 18.3. The zero-order chi connectivity index (χ0) is 24.0. The average molecular weight is 473 g/mol. The number of carbonyl (C=O) groups is 2. The molecule has 1 aliphatic rings. The van der Waals surface area contributed by atoms with E-state index in [2.05, 4.69) is 5.10 Å². The van der Waals surface area contributed by atoms with Crippen LogP contribution in [0.25, 0.3) is 16.9 Å². The minimum atomic E-state index is -1.59. The molecule has 34 heavy (non-hydrogen) atoms. The van der Waals surface area contributed by atoms with Gasteiger partial charge in [0.15, 0.2) is 11.5 Å². The van der Waals surface area contributed by atoms with Crippen LogP contribution < -0.4 is 11.5 Å². The Morgan fingerprint density at radius 1 is 1.03 bits per heavy atom. The molecule has 8 heteroatoms. The van der Waals surface area contributed by atoms with Crippen molar-refractivity contribution >= 4 is 23.5 Å². The fraction of sp³-hybridized carbons (Fsp3) is 0.115. The minimum absolute atomic E-state index is 0.0775. The Morgan fingerprint density at radius 3 is 2.41 bits per heavy atom. The van der Waals surface area contributed by atoms with Gasteiger partial charge in [-0.05, 0) is 42.2 Å². The van der Waals surface area contributed by atoms with Gasteiger partial charge in [-0.1, -0.05) is 42.5 Å². The van der Waals surface area contributed by atoms with Crippen molar-refractivity contribution in [2.45, 2.75) is 16.9 Å². The Morgan fingerprint density at radius 2 is 1.71 bits per heavy atom. The van der Waals surface area contributed by atoms with Gasteiger partial charge in [-0.2, -0.15) is 5.10 Å². The number of aromatic nitrogens is 2. The molecule has 0 saturated heterocycles. The molecule has 4 aromatic rings. The van der Waals surface area contributed by atoms with Crippen LogP contribution >= 0.6 is 11.8 Å². The number of rotatable bonds is 5. The first kappa shape index (κ1) is 22.1. The standard InChI is InChI=1S/C26H21FN4O2S/c1-34-20-9-5-4-8-19(20)24(32)26(29)14-15-6-2-3-7-18(15)23-21(26)22(25(28)33)30-31(23)17-12-10-16(27)11-13-17/h2-13H,14,29H2,1H3,(H2,28,33). The zero-order valence-corrected chi connectivity index (χ0v) is 19.1. The van der Waals surface area contributed by atoms with E-state index in [1.54, 1.807) is 24.3 Å². The van der Waals surface area contributed by atoms with Crippen molar-refractivity contribution in [3.8, 4) is 16.9 Å². The van der Waals surface area contributed by atoms with Crippen LogP contribution in [-0.2, 0) is 12.0 Å². The lowest BCUT2D eigenvalue weighted by Crippen LogP contribution is -2.50. The van der Waals surface area contributed by atoms with Gasteiger partial charge in [0.25, 0.3) is 5.91 Å². The summed E-state index contributed by atoms with van der Waals surface area (Å²) in [5, 5.41) is 4.49. The number of nitrogens with two attached hydrogens (primary N) is 2. The maximum Gasteiger partial charge on any atom is 0.269 e. The second-order valence-electron chi connectivity index (χ2n) is 8.16. The quantitative estimate of drug-likeness (QED) is 0.336. The van der Waals surface area contributed by atoms with E-state index in [0.717, 1.165) is 16.0 Å². The first-order valence-corrected chi connectivity index (χ1v) is 11.8. The number of halogens is 1. The van der Waals surface area contributed by atoms with Crippen LogP contribution in [0.5, 0.6) is 0 Å². The normalized spacial score (nSPS) is 16.6. The highest BCUT2D eigenvalue weighted by atomic mass is 32.2. The van der Waals surface area contributed by atoms with Crippen molar-refractivity contribution in [2.24, 2.45) is 11.5 Å². The molecule has 1 amide bonds. The number of primary amides is 1. The van der Waals surface area contributed by atoms with Crippen molar-refractivity contribution < 1.29 is 14.0 Å². The van der Waals surface area contributed by atoms with Gasteiger partial charge < -0.3 is 11.5 Å². The topological polar surface area (TPSA) is 104 Å². The lowest BCUT2D eigenvalue weighted by Gasteiger charge is -2.34. The Kier molecular flexibility index (Phi) is 5.34. The third-order valence-corrected chi connectivity index (χ3v) is 6.93. The number of nitrogens with zero attached hydrogens (tertiary/aromatic N) is 2. The fourth-order valence-electron chi connectivity index (χ4n) is 4.59. The Hall–Kier alpha value is -3.75. The van der Waals surface area contributed by atoms with Gasteiger partial charge >= 0.3 is 0 Å². The summed E-state index contributed by atoms with van der Waals surface area (Å²) in [5.74, 6) is -1.52. The van der Waals surface area contributed by atoms with Crippen molar-refractivity contribution in [1.82, 2.24) is 9.78 Å². The molecule has 170 valence electrons. The molecule has 4 N–H and O–H groups in total. The molecule has 1 aliphatic carbocycles. The molecule has 1 atom stereocenters. The number of ketones is 1. The summed E-state index contributed by atoms with van der Waals surface area (Å²) >= 11 is 1.44. The number of amides is 1. The van der Waals surface area contributed by atoms with E-state index in [9.17, 15) is 14.0 Å². The van der Waals surface area contributed by atoms with Crippen molar-refractivity contribution in [2.75, 3.05) is 6.26 Å². The first-order valence-electron chi connectivity index (χ1n) is 10.6. The average Bonchev–Trinajstić information content (AvgIpc) is 3.26. The summed E-state index contributed by atoms with van der Waals surface area (Å²) in [7, 11) is 0. The fourth-order valence-corrected chi connectivity index (χ4v) is 5.19. The van der Waals surface area contributed by atoms with Crippen LogP contribution in [0.15, 0.2) is 77.7 Å². The molecule has 6 nitrogen and oxygen atoms in total. The number of benzene rings is 3. The third kappa shape index (κ3) is 3.34. The number of hydrogen-bond acceptors (Lipinski definition) is 5. The summed E-state index contributed by atoms with van der Waals surface area (Å²) < 4.78 is 15.1. The largest absolute Gasteiger partial charge is 0.364 e. The van der Waals surface area contributed by atoms with Crippen molar-refractivity contribution in [1.29, 1.82) is 0 Å². The molecule has 0 aliphatic heterocycles. The molecule has 1 heterocycles. The first-order chi connectivity index (χ1) is 16.3. The number of carbonyl (C=O) groups excluding carboxylic acids is 2. The van der Waals surface area contributed by atoms with Crippen LogP contribution in [0.2, 0.25) is 0 Å². The lowest BCUT2D eigenvalue weighted by atomic mass is 9.71. The predicted molar refractivity (Wildman–Crippen MR) is 130 cm³/mol. The van der Waals surface area contributed by atoms with Crippen LogP contribution in [0, 0.1) is 5.82 Å². The molecule has 0 spiro atoms. The summed E-state index contributed by atoms with van der Waals surface area (Å²) in [6, 6.07) is 20.5. The van der Waals surface area contributed by atoms with Gasteiger partial charge in [-0.15, -0.1) is 11.8 Å². The second kappa shape index (κ2) is 8.23. The van der Waals surface area contributed by atoms with E-state index >= 15 is 0 Å². The summed E-state index contributed by atoms with van der Waals surface area (Å²) in [4.78, 5) is 27.4. The minimum Gasteiger partial charge on any atom is -0.364 e. The van der Waals surface area contributed by atoms with Crippen molar-refractivity contribution in [3.63, 3.8) is 0 Å². The summed E-state index contributed by atoms with van der Waals surface area (Å²) in [5.41, 5.74) is 14.4. The molecule has 1 unspecified atom stereocenters.